The van der Waals surface area contributed by atoms with Gasteiger partial charge in [-0.05, 0) is 49.2 Å². The molecule has 2 N–H and O–H groups in total. The molecular formula is C18H22N2O4S. The highest BCUT2D eigenvalue weighted by atomic mass is 32.2. The minimum absolute atomic E-state index is 0.101. The monoisotopic (exact) mass is 362 g/mol. The van der Waals surface area contributed by atoms with E-state index in [9.17, 15) is 13.2 Å². The van der Waals surface area contributed by atoms with Crippen LogP contribution in [0.25, 0.3) is 0 Å². The third kappa shape index (κ3) is 4.96. The van der Waals surface area contributed by atoms with Crippen LogP contribution in [0.2, 0.25) is 0 Å². The van der Waals surface area contributed by atoms with Crippen molar-refractivity contribution in [1.82, 2.24) is 5.32 Å². The molecule has 0 bridgehead atoms. The van der Waals surface area contributed by atoms with E-state index in [1.165, 1.54) is 0 Å². The Morgan fingerprint density at radius 3 is 2.40 bits per heavy atom. The molecule has 0 unspecified atom stereocenters. The molecule has 0 spiro atoms. The number of nitrogens with one attached hydrogen (secondary N) is 2. The molecule has 0 aliphatic heterocycles. The number of rotatable bonds is 7. The smallest absolute Gasteiger partial charge is 0.265 e. The second-order valence-corrected chi connectivity index (χ2v) is 7.19. The molecule has 7 heteroatoms. The van der Waals surface area contributed by atoms with Gasteiger partial charge in [-0.1, -0.05) is 18.2 Å². The van der Waals surface area contributed by atoms with Crippen LogP contribution in [0.15, 0.2) is 47.4 Å². The van der Waals surface area contributed by atoms with Crippen LogP contribution in [0.5, 0.6) is 5.75 Å². The average Bonchev–Trinajstić information content (AvgIpc) is 2.58. The largest absolute Gasteiger partial charge is 0.492 e. The normalized spacial score (nSPS) is 11.0. The predicted octanol–water partition coefficient (Wildman–Crippen LogP) is 2.48. The van der Waals surface area contributed by atoms with Crippen molar-refractivity contribution in [2.75, 3.05) is 18.4 Å². The summed E-state index contributed by atoms with van der Waals surface area (Å²) in [6, 6.07) is 11.7. The molecular weight excluding hydrogens is 340 g/mol. The summed E-state index contributed by atoms with van der Waals surface area (Å²) in [5, 5.41) is 2.55. The summed E-state index contributed by atoms with van der Waals surface area (Å²) in [7, 11) is -2.21. The number of likely N-dealkylation sites (N-methyl/N-ethyl adjacent to an activating group) is 1. The van der Waals surface area contributed by atoms with Gasteiger partial charge < -0.3 is 10.1 Å². The summed E-state index contributed by atoms with van der Waals surface area (Å²) in [6.07, 6.45) is 0.246. The van der Waals surface area contributed by atoms with Crippen LogP contribution in [-0.4, -0.2) is 28.0 Å². The van der Waals surface area contributed by atoms with E-state index in [-0.39, 0.29) is 17.2 Å². The number of carbonyl (C=O) groups excluding carboxylic acids is 1. The molecule has 0 saturated carbocycles. The highest BCUT2D eigenvalue weighted by Crippen LogP contribution is 2.27. The van der Waals surface area contributed by atoms with Gasteiger partial charge in [0.15, 0.2) is 0 Å². The molecule has 2 aromatic carbocycles. The first-order valence-electron chi connectivity index (χ1n) is 7.91. The Kier molecular flexibility index (Phi) is 6.03. The lowest BCUT2D eigenvalue weighted by atomic mass is 10.1. The third-order valence-corrected chi connectivity index (χ3v) is 4.94. The van der Waals surface area contributed by atoms with E-state index in [0.29, 0.717) is 18.0 Å². The van der Waals surface area contributed by atoms with Crippen LogP contribution >= 0.6 is 0 Å². The van der Waals surface area contributed by atoms with Crippen molar-refractivity contribution in [2.45, 2.75) is 25.2 Å². The predicted molar refractivity (Wildman–Crippen MR) is 97.4 cm³/mol. The highest BCUT2D eigenvalue weighted by molar-refractivity contribution is 7.92. The fraction of sp³-hybridized carbons (Fsp3) is 0.278. The van der Waals surface area contributed by atoms with E-state index in [1.54, 1.807) is 56.4 Å². The summed E-state index contributed by atoms with van der Waals surface area (Å²) in [5.41, 5.74) is 2.04. The van der Waals surface area contributed by atoms with Crippen molar-refractivity contribution in [1.29, 1.82) is 0 Å². The Morgan fingerprint density at radius 1 is 1.12 bits per heavy atom. The van der Waals surface area contributed by atoms with Crippen LogP contribution in [0.3, 0.4) is 0 Å². The second kappa shape index (κ2) is 8.02. The number of benzene rings is 2. The SMILES string of the molecule is CCOc1ccc(C)cc1S(=O)(=O)Nc1ccc(CC(=O)NC)cc1. The van der Waals surface area contributed by atoms with E-state index in [0.717, 1.165) is 11.1 Å². The maximum Gasteiger partial charge on any atom is 0.265 e. The number of hydrogen-bond donors (Lipinski definition) is 2. The van der Waals surface area contributed by atoms with Gasteiger partial charge in [-0.3, -0.25) is 9.52 Å². The number of ether oxygens (including phenoxy) is 1. The van der Waals surface area contributed by atoms with Gasteiger partial charge in [-0.15, -0.1) is 0 Å². The fourth-order valence-electron chi connectivity index (χ4n) is 2.27. The fourth-order valence-corrected chi connectivity index (χ4v) is 3.56. The van der Waals surface area contributed by atoms with Crippen LogP contribution in [-0.2, 0) is 21.2 Å². The van der Waals surface area contributed by atoms with E-state index >= 15 is 0 Å². The van der Waals surface area contributed by atoms with Crippen molar-refractivity contribution in [3.63, 3.8) is 0 Å². The zero-order valence-electron chi connectivity index (χ0n) is 14.5. The Balaban J connectivity index is 2.24. The minimum Gasteiger partial charge on any atom is -0.492 e. The Labute approximate surface area is 148 Å². The molecule has 2 aromatic rings. The summed E-state index contributed by atoms with van der Waals surface area (Å²) in [4.78, 5) is 11.5. The van der Waals surface area contributed by atoms with Crippen LogP contribution in [0.1, 0.15) is 18.1 Å². The van der Waals surface area contributed by atoms with Crippen molar-refractivity contribution in [2.24, 2.45) is 0 Å². The number of carbonyl (C=O) groups is 1. The summed E-state index contributed by atoms with van der Waals surface area (Å²) in [6.45, 7) is 4.00. The van der Waals surface area contributed by atoms with Gasteiger partial charge in [-0.2, -0.15) is 0 Å². The third-order valence-electron chi connectivity index (χ3n) is 3.54. The zero-order chi connectivity index (χ0) is 18.4. The van der Waals surface area contributed by atoms with Crippen molar-refractivity contribution in [3.05, 3.63) is 53.6 Å². The van der Waals surface area contributed by atoms with Crippen molar-refractivity contribution >= 4 is 21.6 Å². The molecule has 6 nitrogen and oxygen atoms in total. The Hall–Kier alpha value is -2.54. The van der Waals surface area contributed by atoms with Gasteiger partial charge in [0, 0.05) is 12.7 Å². The molecule has 0 atom stereocenters. The first-order chi connectivity index (χ1) is 11.9. The topological polar surface area (TPSA) is 84.5 Å². The van der Waals surface area contributed by atoms with Gasteiger partial charge >= 0.3 is 0 Å². The molecule has 0 aliphatic carbocycles. The maximum absolute atomic E-state index is 12.7. The van der Waals surface area contributed by atoms with Gasteiger partial charge in [0.05, 0.1) is 13.0 Å². The van der Waals surface area contributed by atoms with Gasteiger partial charge in [0.25, 0.3) is 10.0 Å². The van der Waals surface area contributed by atoms with Crippen molar-refractivity contribution in [3.8, 4) is 5.75 Å². The number of anilines is 1. The molecule has 25 heavy (non-hydrogen) atoms. The lowest BCUT2D eigenvalue weighted by Gasteiger charge is -2.13. The van der Waals surface area contributed by atoms with Gasteiger partial charge in [0.1, 0.15) is 10.6 Å². The number of hydrogen-bond acceptors (Lipinski definition) is 4. The molecule has 2 rings (SSSR count). The molecule has 0 aromatic heterocycles. The second-order valence-electron chi connectivity index (χ2n) is 5.54. The molecule has 0 fully saturated rings. The Morgan fingerprint density at radius 2 is 1.80 bits per heavy atom. The van der Waals surface area contributed by atoms with Gasteiger partial charge in [-0.25, -0.2) is 8.42 Å². The van der Waals surface area contributed by atoms with Crippen LogP contribution in [0.4, 0.5) is 5.69 Å². The maximum atomic E-state index is 12.7. The first-order valence-corrected chi connectivity index (χ1v) is 9.40. The number of aryl methyl sites for hydroxylation is 1. The zero-order valence-corrected chi connectivity index (χ0v) is 15.3. The summed E-state index contributed by atoms with van der Waals surface area (Å²) >= 11 is 0. The van der Waals surface area contributed by atoms with Crippen LogP contribution < -0.4 is 14.8 Å². The van der Waals surface area contributed by atoms with Crippen molar-refractivity contribution < 1.29 is 17.9 Å². The van der Waals surface area contributed by atoms with E-state index < -0.39 is 10.0 Å². The average molecular weight is 362 g/mol. The number of sulfonamides is 1. The van der Waals surface area contributed by atoms with Crippen LogP contribution in [0, 0.1) is 6.92 Å². The van der Waals surface area contributed by atoms with E-state index in [4.69, 9.17) is 4.74 Å². The molecule has 0 radical (unpaired) electrons. The first kappa shape index (κ1) is 18.8. The standard InChI is InChI=1S/C18H22N2O4S/c1-4-24-16-10-5-13(2)11-17(16)25(22,23)20-15-8-6-14(7-9-15)12-18(21)19-3/h5-11,20H,4,12H2,1-3H3,(H,19,21). The quantitative estimate of drug-likeness (QED) is 0.792. The minimum atomic E-state index is -3.78. The lowest BCUT2D eigenvalue weighted by molar-refractivity contribution is -0.119. The molecule has 134 valence electrons. The lowest BCUT2D eigenvalue weighted by Crippen LogP contribution is -2.20. The summed E-state index contributed by atoms with van der Waals surface area (Å²) < 4.78 is 33.4. The Bertz CT molecular complexity index is 846. The highest BCUT2D eigenvalue weighted by Gasteiger charge is 2.20. The van der Waals surface area contributed by atoms with Gasteiger partial charge in [0.2, 0.25) is 5.91 Å². The van der Waals surface area contributed by atoms with E-state index in [1.807, 2.05) is 6.92 Å². The van der Waals surface area contributed by atoms with E-state index in [2.05, 4.69) is 10.0 Å². The number of amides is 1. The molecule has 1 amide bonds. The molecule has 0 aliphatic rings. The summed E-state index contributed by atoms with van der Waals surface area (Å²) in [5.74, 6) is 0.214. The molecule has 0 saturated heterocycles. The molecule has 0 heterocycles.